The van der Waals surface area contributed by atoms with Gasteiger partial charge in [0.15, 0.2) is 5.79 Å². The predicted molar refractivity (Wildman–Crippen MR) is 126 cm³/mol. The molecule has 0 bridgehead atoms. The number of hydrogen-bond donors (Lipinski definition) is 0. The van der Waals surface area contributed by atoms with E-state index in [2.05, 4.69) is 44.9 Å². The highest BCUT2D eigenvalue weighted by Gasteiger charge is 2.57. The number of rotatable bonds is 13. The summed E-state index contributed by atoms with van der Waals surface area (Å²) in [4.78, 5) is 6.54. The van der Waals surface area contributed by atoms with Gasteiger partial charge < -0.3 is 18.9 Å². The molecule has 2 aliphatic rings. The first-order valence-electron chi connectivity index (χ1n) is 12.4. The van der Waals surface area contributed by atoms with Crippen molar-refractivity contribution in [2.75, 3.05) is 33.0 Å². The lowest BCUT2D eigenvalue weighted by Gasteiger charge is -2.59. The Balaban J connectivity index is 1.64. The first-order valence-corrected chi connectivity index (χ1v) is 12.4. The first-order chi connectivity index (χ1) is 15.3. The fourth-order valence-corrected chi connectivity index (χ4v) is 5.24. The molecule has 0 spiro atoms. The average Bonchev–Trinajstić information content (AvgIpc) is 3.59. The van der Waals surface area contributed by atoms with Gasteiger partial charge in [0.1, 0.15) is 18.5 Å². The maximum absolute atomic E-state index is 6.54. The van der Waals surface area contributed by atoms with Gasteiger partial charge in [0.2, 0.25) is 0 Å². The molecule has 2 fully saturated rings. The third-order valence-corrected chi connectivity index (χ3v) is 6.78. The van der Waals surface area contributed by atoms with E-state index in [1.807, 2.05) is 26.0 Å². The summed E-state index contributed by atoms with van der Waals surface area (Å²) >= 11 is 0. The Morgan fingerprint density at radius 1 is 0.969 bits per heavy atom. The minimum Gasteiger partial charge on any atom is -0.491 e. The molecule has 0 N–H and O–H groups in total. The summed E-state index contributed by atoms with van der Waals surface area (Å²) in [6.07, 6.45) is 4.67. The van der Waals surface area contributed by atoms with Gasteiger partial charge in [0.25, 0.3) is 0 Å². The second kappa shape index (κ2) is 10.8. The maximum Gasteiger partial charge on any atom is 0.171 e. The van der Waals surface area contributed by atoms with Gasteiger partial charge in [-0.15, -0.1) is 0 Å². The van der Waals surface area contributed by atoms with Crippen LogP contribution in [0.3, 0.4) is 0 Å². The molecule has 0 aliphatic carbocycles. The van der Waals surface area contributed by atoms with Crippen molar-refractivity contribution >= 4 is 0 Å². The average molecular weight is 450 g/mol. The Labute approximate surface area is 194 Å². The zero-order valence-corrected chi connectivity index (χ0v) is 20.9. The van der Waals surface area contributed by atoms with Crippen LogP contribution in [0.25, 0.3) is 0 Å². The van der Waals surface area contributed by atoms with Gasteiger partial charge >= 0.3 is 0 Å². The highest BCUT2D eigenvalue weighted by molar-refractivity contribution is 5.27. The van der Waals surface area contributed by atoms with Crippen LogP contribution in [0.15, 0.2) is 24.3 Å². The fraction of sp³-hybridized carbons (Fsp3) is 0.769. The molecule has 0 amide bonds. The van der Waals surface area contributed by atoms with Crippen LogP contribution in [0, 0.1) is 0 Å². The van der Waals surface area contributed by atoms with Gasteiger partial charge in [-0.25, -0.2) is 0 Å². The van der Waals surface area contributed by atoms with E-state index >= 15 is 0 Å². The Hall–Kier alpha value is -1.18. The van der Waals surface area contributed by atoms with Crippen molar-refractivity contribution < 1.29 is 23.8 Å². The summed E-state index contributed by atoms with van der Waals surface area (Å²) in [5, 5.41) is 2.27. The maximum atomic E-state index is 6.54. The number of ether oxygens (including phenoxy) is 4. The Morgan fingerprint density at radius 3 is 2.12 bits per heavy atom. The van der Waals surface area contributed by atoms with Crippen molar-refractivity contribution in [1.29, 1.82) is 0 Å². The summed E-state index contributed by atoms with van der Waals surface area (Å²) in [5.74, 6) is 0.335. The molecule has 3 rings (SSSR count). The third-order valence-electron chi connectivity index (χ3n) is 6.78. The van der Waals surface area contributed by atoms with Gasteiger partial charge in [0, 0.05) is 31.6 Å². The Kier molecular flexibility index (Phi) is 8.61. The lowest BCUT2D eigenvalue weighted by atomic mass is 9.73. The van der Waals surface area contributed by atoms with Gasteiger partial charge in [0.05, 0.1) is 18.8 Å². The van der Waals surface area contributed by atoms with Crippen molar-refractivity contribution in [3.63, 3.8) is 0 Å². The van der Waals surface area contributed by atoms with E-state index < -0.39 is 5.79 Å². The van der Waals surface area contributed by atoms with E-state index in [1.54, 1.807) is 0 Å². The smallest absolute Gasteiger partial charge is 0.171 e. The monoisotopic (exact) mass is 449 g/mol. The molecule has 0 saturated carbocycles. The second-order valence-corrected chi connectivity index (χ2v) is 9.66. The van der Waals surface area contributed by atoms with Crippen LogP contribution in [0.5, 0.6) is 5.75 Å². The number of hydroxylamine groups is 2. The van der Waals surface area contributed by atoms with E-state index in [9.17, 15) is 0 Å². The van der Waals surface area contributed by atoms with Gasteiger partial charge in [-0.2, -0.15) is 5.06 Å². The van der Waals surface area contributed by atoms with Crippen LogP contribution in [0.1, 0.15) is 72.8 Å². The molecule has 6 nitrogen and oxygen atoms in total. The predicted octanol–water partition coefficient (Wildman–Crippen LogP) is 5.14. The zero-order chi connectivity index (χ0) is 23.2. The van der Waals surface area contributed by atoms with Crippen molar-refractivity contribution in [1.82, 2.24) is 5.06 Å². The summed E-state index contributed by atoms with van der Waals surface area (Å²) < 4.78 is 23.4. The third kappa shape index (κ3) is 6.03. The topological polar surface area (TPSA) is 52.7 Å². The van der Waals surface area contributed by atoms with E-state index in [4.69, 9.17) is 23.8 Å². The highest BCUT2D eigenvalue weighted by atomic mass is 16.7. The molecule has 2 aliphatic heterocycles. The Bertz CT molecular complexity index is 691. The lowest BCUT2D eigenvalue weighted by Crippen LogP contribution is -2.68. The van der Waals surface area contributed by atoms with Crippen LogP contribution in [0.4, 0.5) is 0 Å². The van der Waals surface area contributed by atoms with Crippen molar-refractivity contribution in [3.8, 4) is 5.75 Å². The Morgan fingerprint density at radius 2 is 1.59 bits per heavy atom. The number of epoxide rings is 1. The van der Waals surface area contributed by atoms with Crippen molar-refractivity contribution in [2.24, 2.45) is 0 Å². The minimum atomic E-state index is -0.555. The number of benzene rings is 1. The van der Waals surface area contributed by atoms with Crippen molar-refractivity contribution in [3.05, 3.63) is 29.8 Å². The summed E-state index contributed by atoms with van der Waals surface area (Å²) in [6, 6.07) is 8.30. The number of piperidine rings is 1. The molecular formula is C26H43NO5. The molecule has 1 atom stereocenters. The standard InChI is InChI=1S/C26H43NO5/c1-7-25(8-2)20-26(30-9-3,31-10-4)19-24(5,6)27(25)32-16-15-21-11-13-22(14-12-21)28-17-23-18-29-23/h11-14,23H,7-10,15-20H2,1-6H3. The van der Waals surface area contributed by atoms with Gasteiger partial charge in [-0.1, -0.05) is 26.0 Å². The molecule has 32 heavy (non-hydrogen) atoms. The fourth-order valence-electron chi connectivity index (χ4n) is 5.24. The van der Waals surface area contributed by atoms with Crippen LogP contribution < -0.4 is 4.74 Å². The molecule has 6 heteroatoms. The van der Waals surface area contributed by atoms with E-state index in [1.165, 1.54) is 5.56 Å². The molecule has 182 valence electrons. The molecule has 1 aromatic carbocycles. The van der Waals surface area contributed by atoms with Gasteiger partial charge in [-0.05, 0) is 64.7 Å². The number of nitrogens with zero attached hydrogens (tertiary/aromatic N) is 1. The zero-order valence-electron chi connectivity index (χ0n) is 20.9. The molecular weight excluding hydrogens is 406 g/mol. The van der Waals surface area contributed by atoms with Crippen LogP contribution in [0.2, 0.25) is 0 Å². The van der Waals surface area contributed by atoms with Crippen LogP contribution in [-0.2, 0) is 25.5 Å². The largest absolute Gasteiger partial charge is 0.491 e. The SMILES string of the molecule is CCOC1(OCC)CC(C)(C)N(OCCc2ccc(OCC3CO3)cc2)C(CC)(CC)C1. The quantitative estimate of drug-likeness (QED) is 0.307. The molecule has 0 aromatic heterocycles. The molecule has 2 heterocycles. The molecule has 0 radical (unpaired) electrons. The minimum absolute atomic E-state index is 0.130. The molecule has 1 aromatic rings. The molecule has 1 unspecified atom stereocenters. The number of hydrogen-bond acceptors (Lipinski definition) is 6. The first kappa shape index (κ1) is 25.4. The summed E-state index contributed by atoms with van der Waals surface area (Å²) in [7, 11) is 0. The second-order valence-electron chi connectivity index (χ2n) is 9.66. The van der Waals surface area contributed by atoms with Crippen LogP contribution >= 0.6 is 0 Å². The molecule has 2 saturated heterocycles. The highest BCUT2D eigenvalue weighted by Crippen LogP contribution is 2.49. The lowest BCUT2D eigenvalue weighted by molar-refractivity contribution is -0.362. The van der Waals surface area contributed by atoms with Crippen molar-refractivity contribution in [2.45, 2.75) is 96.6 Å². The summed E-state index contributed by atoms with van der Waals surface area (Å²) in [5.41, 5.74) is 0.901. The van der Waals surface area contributed by atoms with E-state index in [-0.39, 0.29) is 17.2 Å². The summed E-state index contributed by atoms with van der Waals surface area (Å²) in [6.45, 7) is 16.5. The van der Waals surface area contributed by atoms with Gasteiger partial charge in [-0.3, -0.25) is 4.84 Å². The van der Waals surface area contributed by atoms with E-state index in [0.717, 1.165) is 44.5 Å². The van der Waals surface area contributed by atoms with E-state index in [0.29, 0.717) is 26.4 Å². The van der Waals surface area contributed by atoms with Crippen LogP contribution in [-0.4, -0.2) is 61.1 Å². The normalized spacial score (nSPS) is 23.8.